The summed E-state index contributed by atoms with van der Waals surface area (Å²) in [5.74, 6) is -1.65. The summed E-state index contributed by atoms with van der Waals surface area (Å²) in [5, 5.41) is 8.77. The highest BCUT2D eigenvalue weighted by molar-refractivity contribution is 5.88. The summed E-state index contributed by atoms with van der Waals surface area (Å²) >= 11 is 0. The minimum Gasteiger partial charge on any atom is -0.478 e. The number of anilines is 1. The molecule has 0 aliphatic rings. The van der Waals surface area contributed by atoms with Crippen LogP contribution in [0.25, 0.3) is 0 Å². The van der Waals surface area contributed by atoms with E-state index in [9.17, 15) is 9.18 Å². The van der Waals surface area contributed by atoms with E-state index in [1.54, 1.807) is 0 Å². The molecule has 5 heteroatoms. The van der Waals surface area contributed by atoms with E-state index in [2.05, 4.69) is 0 Å². The standard InChI is InChI=1S/C13H18FNO3/c1-3-15(7-8-18-4-2)12-6-5-10(13(16)17)9-11(12)14/h5-6,9H,3-4,7-8H2,1-2H3,(H,16,17). The number of benzene rings is 1. The Bertz CT molecular complexity index is 409. The quantitative estimate of drug-likeness (QED) is 0.760. The Morgan fingerprint density at radius 1 is 1.44 bits per heavy atom. The van der Waals surface area contributed by atoms with Gasteiger partial charge >= 0.3 is 5.97 Å². The third-order valence-electron chi connectivity index (χ3n) is 2.63. The molecule has 0 aliphatic carbocycles. The van der Waals surface area contributed by atoms with Gasteiger partial charge in [0.15, 0.2) is 0 Å². The summed E-state index contributed by atoms with van der Waals surface area (Å²) in [6, 6.07) is 3.94. The Balaban J connectivity index is 2.82. The van der Waals surface area contributed by atoms with E-state index in [4.69, 9.17) is 9.84 Å². The largest absolute Gasteiger partial charge is 0.478 e. The maximum atomic E-state index is 13.8. The molecule has 0 fully saturated rings. The predicted molar refractivity (Wildman–Crippen MR) is 67.7 cm³/mol. The van der Waals surface area contributed by atoms with Crippen LogP contribution in [0, 0.1) is 5.82 Å². The zero-order chi connectivity index (χ0) is 13.5. The van der Waals surface area contributed by atoms with Gasteiger partial charge in [-0.2, -0.15) is 0 Å². The van der Waals surface area contributed by atoms with Gasteiger partial charge in [-0.05, 0) is 32.0 Å². The summed E-state index contributed by atoms with van der Waals surface area (Å²) in [6.45, 7) is 6.17. The number of halogens is 1. The van der Waals surface area contributed by atoms with Gasteiger partial charge in [-0.15, -0.1) is 0 Å². The molecule has 4 nitrogen and oxygen atoms in total. The van der Waals surface area contributed by atoms with Crippen LogP contribution in [0.1, 0.15) is 24.2 Å². The first-order valence-electron chi connectivity index (χ1n) is 5.95. The zero-order valence-electron chi connectivity index (χ0n) is 10.6. The molecule has 0 atom stereocenters. The summed E-state index contributed by atoms with van der Waals surface area (Å²) in [7, 11) is 0. The molecule has 0 amide bonds. The monoisotopic (exact) mass is 255 g/mol. The van der Waals surface area contributed by atoms with Crippen LogP contribution in [0.2, 0.25) is 0 Å². The van der Waals surface area contributed by atoms with Crippen molar-refractivity contribution in [3.8, 4) is 0 Å². The molecule has 1 aromatic carbocycles. The van der Waals surface area contributed by atoms with E-state index in [1.807, 2.05) is 18.7 Å². The molecular formula is C13H18FNO3. The van der Waals surface area contributed by atoms with E-state index >= 15 is 0 Å². The van der Waals surface area contributed by atoms with Crippen molar-refractivity contribution >= 4 is 11.7 Å². The van der Waals surface area contributed by atoms with Crippen LogP contribution < -0.4 is 4.90 Å². The lowest BCUT2D eigenvalue weighted by atomic mass is 10.2. The number of carboxylic acid groups (broad SMARTS) is 1. The number of rotatable bonds is 7. The fourth-order valence-electron chi connectivity index (χ4n) is 1.66. The van der Waals surface area contributed by atoms with Crippen LogP contribution in [0.4, 0.5) is 10.1 Å². The third-order valence-corrected chi connectivity index (χ3v) is 2.63. The van der Waals surface area contributed by atoms with Gasteiger partial charge in [-0.3, -0.25) is 0 Å². The number of hydrogen-bond acceptors (Lipinski definition) is 3. The number of carboxylic acids is 1. The van der Waals surface area contributed by atoms with E-state index in [1.165, 1.54) is 12.1 Å². The Morgan fingerprint density at radius 3 is 2.67 bits per heavy atom. The summed E-state index contributed by atoms with van der Waals surface area (Å²) in [4.78, 5) is 12.5. The first-order chi connectivity index (χ1) is 8.60. The molecule has 0 saturated heterocycles. The van der Waals surface area contributed by atoms with Crippen molar-refractivity contribution in [2.75, 3.05) is 31.2 Å². The number of hydrogen-bond donors (Lipinski definition) is 1. The van der Waals surface area contributed by atoms with Crippen LogP contribution in [-0.2, 0) is 4.74 Å². The Labute approximate surface area is 106 Å². The Kier molecular flexibility index (Phi) is 5.58. The number of carbonyl (C=O) groups is 1. The van der Waals surface area contributed by atoms with Gasteiger partial charge in [0.25, 0.3) is 0 Å². The average Bonchev–Trinajstić information content (AvgIpc) is 2.35. The van der Waals surface area contributed by atoms with Crippen molar-refractivity contribution in [1.82, 2.24) is 0 Å². The third kappa shape index (κ3) is 3.70. The van der Waals surface area contributed by atoms with E-state index in [0.29, 0.717) is 32.0 Å². The SMILES string of the molecule is CCOCCN(CC)c1ccc(C(=O)O)cc1F. The fourth-order valence-corrected chi connectivity index (χ4v) is 1.66. The van der Waals surface area contributed by atoms with Crippen molar-refractivity contribution in [2.45, 2.75) is 13.8 Å². The van der Waals surface area contributed by atoms with Gasteiger partial charge in [-0.1, -0.05) is 0 Å². The molecule has 0 spiro atoms. The van der Waals surface area contributed by atoms with Crippen LogP contribution in [0.3, 0.4) is 0 Å². The summed E-state index contributed by atoms with van der Waals surface area (Å²) in [5.41, 5.74) is 0.360. The second-order valence-electron chi connectivity index (χ2n) is 3.75. The van der Waals surface area contributed by atoms with Gasteiger partial charge in [-0.25, -0.2) is 9.18 Å². The Morgan fingerprint density at radius 2 is 2.17 bits per heavy atom. The molecule has 0 aromatic heterocycles. The van der Waals surface area contributed by atoms with Crippen molar-refractivity contribution in [2.24, 2.45) is 0 Å². The maximum absolute atomic E-state index is 13.8. The van der Waals surface area contributed by atoms with Crippen molar-refractivity contribution in [1.29, 1.82) is 0 Å². The van der Waals surface area contributed by atoms with Gasteiger partial charge in [0, 0.05) is 19.7 Å². The first-order valence-corrected chi connectivity index (χ1v) is 5.95. The first kappa shape index (κ1) is 14.4. The number of likely N-dealkylation sites (N-methyl/N-ethyl adjacent to an activating group) is 1. The summed E-state index contributed by atoms with van der Waals surface area (Å²) < 4.78 is 19.0. The number of aromatic carboxylic acids is 1. The topological polar surface area (TPSA) is 49.8 Å². The second-order valence-corrected chi connectivity index (χ2v) is 3.75. The molecule has 1 aromatic rings. The minimum atomic E-state index is -1.13. The second kappa shape index (κ2) is 6.96. The number of nitrogens with zero attached hydrogens (tertiary/aromatic N) is 1. The van der Waals surface area contributed by atoms with E-state index < -0.39 is 11.8 Å². The molecule has 0 aliphatic heterocycles. The van der Waals surface area contributed by atoms with Crippen LogP contribution in [0.15, 0.2) is 18.2 Å². The molecule has 0 heterocycles. The highest BCUT2D eigenvalue weighted by Crippen LogP contribution is 2.20. The lowest BCUT2D eigenvalue weighted by Crippen LogP contribution is -2.28. The van der Waals surface area contributed by atoms with Crippen LogP contribution in [0.5, 0.6) is 0 Å². The van der Waals surface area contributed by atoms with E-state index in [-0.39, 0.29) is 5.56 Å². The molecule has 0 radical (unpaired) electrons. The highest BCUT2D eigenvalue weighted by Gasteiger charge is 2.12. The van der Waals surface area contributed by atoms with Gasteiger partial charge in [0.2, 0.25) is 0 Å². The molecule has 1 N–H and O–H groups in total. The van der Waals surface area contributed by atoms with Crippen LogP contribution >= 0.6 is 0 Å². The normalized spacial score (nSPS) is 10.4. The van der Waals surface area contributed by atoms with Crippen molar-refractivity contribution < 1.29 is 19.0 Å². The number of ether oxygens (including phenoxy) is 1. The molecule has 100 valence electrons. The average molecular weight is 255 g/mol. The fraction of sp³-hybridized carbons (Fsp3) is 0.462. The van der Waals surface area contributed by atoms with Gasteiger partial charge in [0.05, 0.1) is 17.9 Å². The van der Waals surface area contributed by atoms with E-state index in [0.717, 1.165) is 6.07 Å². The smallest absolute Gasteiger partial charge is 0.335 e. The summed E-state index contributed by atoms with van der Waals surface area (Å²) in [6.07, 6.45) is 0. The lowest BCUT2D eigenvalue weighted by Gasteiger charge is -2.23. The highest BCUT2D eigenvalue weighted by atomic mass is 19.1. The minimum absolute atomic E-state index is 0.0443. The molecule has 18 heavy (non-hydrogen) atoms. The maximum Gasteiger partial charge on any atom is 0.335 e. The lowest BCUT2D eigenvalue weighted by molar-refractivity contribution is 0.0696. The molecule has 0 unspecified atom stereocenters. The van der Waals surface area contributed by atoms with Crippen molar-refractivity contribution in [3.63, 3.8) is 0 Å². The van der Waals surface area contributed by atoms with Crippen LogP contribution in [-0.4, -0.2) is 37.4 Å². The molecule has 0 bridgehead atoms. The van der Waals surface area contributed by atoms with Gasteiger partial charge < -0.3 is 14.7 Å². The molecule has 1 rings (SSSR count). The van der Waals surface area contributed by atoms with Crippen molar-refractivity contribution in [3.05, 3.63) is 29.6 Å². The molecule has 0 saturated carbocycles. The molecular weight excluding hydrogens is 237 g/mol. The zero-order valence-corrected chi connectivity index (χ0v) is 10.6. The predicted octanol–water partition coefficient (Wildman–Crippen LogP) is 2.39. The van der Waals surface area contributed by atoms with Gasteiger partial charge in [0.1, 0.15) is 5.82 Å². The Hall–Kier alpha value is -1.62.